The lowest BCUT2D eigenvalue weighted by Crippen LogP contribution is -2.52. The smallest absolute Gasteiger partial charge is 0.243 e. The molecule has 0 radical (unpaired) electrons. The Bertz CT molecular complexity index is 1180. The van der Waals surface area contributed by atoms with Crippen LogP contribution in [0.25, 0.3) is 0 Å². The molecule has 1 atom stereocenters. The van der Waals surface area contributed by atoms with Gasteiger partial charge >= 0.3 is 0 Å². The van der Waals surface area contributed by atoms with Crippen LogP contribution in [-0.4, -0.2) is 28.8 Å². The van der Waals surface area contributed by atoms with Crippen molar-refractivity contribution in [2.75, 3.05) is 0 Å². The Balaban J connectivity index is 1.66. The number of hydrogen-bond donors (Lipinski definition) is 1. The first-order valence-electron chi connectivity index (χ1n) is 12.2. The summed E-state index contributed by atoms with van der Waals surface area (Å²) in [4.78, 5) is 29.2. The predicted molar refractivity (Wildman–Crippen MR) is 147 cm³/mol. The fourth-order valence-corrected chi connectivity index (χ4v) is 5.24. The van der Waals surface area contributed by atoms with Crippen molar-refractivity contribution in [3.8, 4) is 0 Å². The number of carbonyl (C=O) groups excluding carboxylic acids is 2. The fraction of sp³-hybridized carbons (Fsp3) is 0.310. The summed E-state index contributed by atoms with van der Waals surface area (Å²) >= 11 is 18.5. The summed E-state index contributed by atoms with van der Waals surface area (Å²) in [5.41, 5.74) is 2.55. The summed E-state index contributed by atoms with van der Waals surface area (Å²) in [7, 11) is 0. The van der Waals surface area contributed by atoms with Crippen LogP contribution in [0.3, 0.4) is 0 Å². The normalized spacial score (nSPS) is 14.4. The van der Waals surface area contributed by atoms with Crippen LogP contribution < -0.4 is 5.32 Å². The Hall–Kier alpha value is -2.53. The Labute approximate surface area is 227 Å². The molecule has 188 valence electrons. The topological polar surface area (TPSA) is 49.4 Å². The maximum absolute atomic E-state index is 13.8. The highest BCUT2D eigenvalue weighted by atomic mass is 35.5. The van der Waals surface area contributed by atoms with E-state index in [0.717, 1.165) is 36.8 Å². The highest BCUT2D eigenvalue weighted by Gasteiger charge is 2.32. The number of halogens is 3. The van der Waals surface area contributed by atoms with Crippen molar-refractivity contribution in [1.82, 2.24) is 10.2 Å². The molecule has 36 heavy (non-hydrogen) atoms. The number of amides is 2. The zero-order valence-electron chi connectivity index (χ0n) is 19.9. The second-order valence-electron chi connectivity index (χ2n) is 9.26. The van der Waals surface area contributed by atoms with Crippen LogP contribution in [0.5, 0.6) is 0 Å². The zero-order chi connectivity index (χ0) is 25.5. The molecule has 0 saturated heterocycles. The van der Waals surface area contributed by atoms with Crippen molar-refractivity contribution in [3.63, 3.8) is 0 Å². The summed E-state index contributed by atoms with van der Waals surface area (Å²) in [6.07, 6.45) is 4.62. The molecule has 1 saturated carbocycles. The Morgan fingerprint density at radius 3 is 2.19 bits per heavy atom. The van der Waals surface area contributed by atoms with Gasteiger partial charge in [0, 0.05) is 34.1 Å². The van der Waals surface area contributed by atoms with E-state index in [4.69, 9.17) is 34.8 Å². The van der Waals surface area contributed by atoms with E-state index in [-0.39, 0.29) is 30.8 Å². The van der Waals surface area contributed by atoms with Crippen molar-refractivity contribution in [3.05, 3.63) is 105 Å². The molecule has 2 amide bonds. The number of nitrogens with zero attached hydrogens (tertiary/aromatic N) is 1. The Morgan fingerprint density at radius 1 is 0.861 bits per heavy atom. The molecule has 3 aromatic rings. The lowest BCUT2D eigenvalue weighted by Gasteiger charge is -2.32. The van der Waals surface area contributed by atoms with E-state index in [1.54, 1.807) is 35.2 Å². The van der Waals surface area contributed by atoms with E-state index in [9.17, 15) is 9.59 Å². The van der Waals surface area contributed by atoms with Crippen LogP contribution in [0.1, 0.15) is 42.4 Å². The van der Waals surface area contributed by atoms with Gasteiger partial charge in [0.2, 0.25) is 11.8 Å². The van der Waals surface area contributed by atoms with Gasteiger partial charge in [-0.05, 0) is 53.8 Å². The summed E-state index contributed by atoms with van der Waals surface area (Å²) in [5, 5.41) is 4.76. The molecule has 0 bridgehead atoms. The summed E-state index contributed by atoms with van der Waals surface area (Å²) in [6.45, 7) is 0.275. The van der Waals surface area contributed by atoms with Crippen molar-refractivity contribution >= 4 is 46.6 Å². The van der Waals surface area contributed by atoms with Crippen LogP contribution in [-0.2, 0) is 29.0 Å². The van der Waals surface area contributed by atoms with Crippen molar-refractivity contribution in [2.24, 2.45) is 0 Å². The second-order valence-corrected chi connectivity index (χ2v) is 10.5. The van der Waals surface area contributed by atoms with E-state index in [0.29, 0.717) is 27.1 Å². The van der Waals surface area contributed by atoms with Crippen LogP contribution in [0.2, 0.25) is 15.1 Å². The molecule has 1 unspecified atom stereocenters. The second kappa shape index (κ2) is 12.6. The molecule has 3 aromatic carbocycles. The summed E-state index contributed by atoms with van der Waals surface area (Å²) in [5.74, 6) is -0.313. The number of carbonyl (C=O) groups is 2. The van der Waals surface area contributed by atoms with E-state index in [1.807, 2.05) is 42.5 Å². The molecular weight excluding hydrogens is 515 g/mol. The minimum atomic E-state index is -0.678. The van der Waals surface area contributed by atoms with Crippen LogP contribution >= 0.6 is 34.8 Å². The maximum Gasteiger partial charge on any atom is 0.243 e. The monoisotopic (exact) mass is 542 g/mol. The van der Waals surface area contributed by atoms with Crippen molar-refractivity contribution in [1.29, 1.82) is 0 Å². The minimum Gasteiger partial charge on any atom is -0.352 e. The van der Waals surface area contributed by atoms with Gasteiger partial charge in [0.05, 0.1) is 6.42 Å². The zero-order valence-corrected chi connectivity index (χ0v) is 22.2. The molecule has 0 aliphatic heterocycles. The van der Waals surface area contributed by atoms with Gasteiger partial charge in [-0.2, -0.15) is 0 Å². The quantitative estimate of drug-likeness (QED) is 0.319. The average molecular weight is 544 g/mol. The minimum absolute atomic E-state index is 0.0611. The lowest BCUT2D eigenvalue weighted by atomic mass is 10.0. The number of hydrogen-bond acceptors (Lipinski definition) is 2. The first-order chi connectivity index (χ1) is 17.4. The predicted octanol–water partition coefficient (Wildman–Crippen LogP) is 6.89. The SMILES string of the molecule is O=C(NC1CCCC1)C(Cc1ccccc1)N(Cc1ccc(Cl)cc1)C(=O)Cc1ccc(Cl)cc1Cl. The maximum atomic E-state index is 13.8. The standard InChI is InChI=1S/C29H29Cl3N2O2/c30-23-13-10-21(11-14-23)19-34(28(35)17-22-12-15-24(31)18-26(22)32)27(16-20-6-2-1-3-7-20)29(36)33-25-8-4-5-9-25/h1-3,6-7,10-15,18,25,27H,4-5,8-9,16-17,19H2,(H,33,36). The molecular formula is C29H29Cl3N2O2. The number of benzene rings is 3. The molecule has 0 aromatic heterocycles. The Kier molecular flexibility index (Phi) is 9.30. The molecule has 0 spiro atoms. The highest BCUT2D eigenvalue weighted by Crippen LogP contribution is 2.24. The molecule has 1 fully saturated rings. The molecule has 1 N–H and O–H groups in total. The van der Waals surface area contributed by atoms with E-state index in [2.05, 4.69) is 5.32 Å². The van der Waals surface area contributed by atoms with Crippen molar-refractivity contribution < 1.29 is 9.59 Å². The number of nitrogens with one attached hydrogen (secondary N) is 1. The van der Waals surface area contributed by atoms with E-state index >= 15 is 0 Å². The lowest BCUT2D eigenvalue weighted by molar-refractivity contribution is -0.141. The largest absolute Gasteiger partial charge is 0.352 e. The molecule has 1 aliphatic rings. The first-order valence-corrected chi connectivity index (χ1v) is 13.3. The molecule has 4 nitrogen and oxygen atoms in total. The molecule has 0 heterocycles. The van der Waals surface area contributed by atoms with E-state index < -0.39 is 6.04 Å². The van der Waals surface area contributed by atoms with Crippen LogP contribution in [0, 0.1) is 0 Å². The average Bonchev–Trinajstić information content (AvgIpc) is 3.38. The van der Waals surface area contributed by atoms with Crippen molar-refractivity contribution in [2.45, 2.75) is 57.2 Å². The van der Waals surface area contributed by atoms with Gasteiger partial charge in [0.15, 0.2) is 0 Å². The van der Waals surface area contributed by atoms with Gasteiger partial charge in [-0.3, -0.25) is 9.59 Å². The van der Waals surface area contributed by atoms with Gasteiger partial charge in [0.25, 0.3) is 0 Å². The fourth-order valence-electron chi connectivity index (χ4n) is 4.64. The van der Waals surface area contributed by atoms with Gasteiger partial charge in [0.1, 0.15) is 6.04 Å². The van der Waals surface area contributed by atoms with Gasteiger partial charge in [-0.1, -0.05) is 96.2 Å². The van der Waals surface area contributed by atoms with Gasteiger partial charge in [-0.25, -0.2) is 0 Å². The Morgan fingerprint density at radius 2 is 1.53 bits per heavy atom. The van der Waals surface area contributed by atoms with Gasteiger partial charge < -0.3 is 10.2 Å². The van der Waals surface area contributed by atoms with E-state index in [1.165, 1.54) is 0 Å². The van der Waals surface area contributed by atoms with Gasteiger partial charge in [-0.15, -0.1) is 0 Å². The van der Waals surface area contributed by atoms with Crippen LogP contribution in [0.15, 0.2) is 72.8 Å². The first kappa shape index (κ1) is 26.5. The third-order valence-electron chi connectivity index (χ3n) is 6.60. The third-order valence-corrected chi connectivity index (χ3v) is 7.43. The summed E-state index contributed by atoms with van der Waals surface area (Å²) in [6, 6.07) is 21.7. The highest BCUT2D eigenvalue weighted by molar-refractivity contribution is 6.35. The molecule has 7 heteroatoms. The summed E-state index contributed by atoms with van der Waals surface area (Å²) < 4.78 is 0. The molecule has 1 aliphatic carbocycles. The van der Waals surface area contributed by atoms with Crippen LogP contribution in [0.4, 0.5) is 0 Å². The molecule has 4 rings (SSSR count). The number of rotatable bonds is 9. The third kappa shape index (κ3) is 7.25.